The lowest BCUT2D eigenvalue weighted by atomic mass is 10.4. The number of nitrogens with one attached hydrogen (secondary N) is 1. The third kappa shape index (κ3) is 4.88. The lowest BCUT2D eigenvalue weighted by Gasteiger charge is -2.04. The highest BCUT2D eigenvalue weighted by molar-refractivity contribution is 8.00. The largest absolute Gasteiger partial charge is 0.373 e. The Hall–Kier alpha value is -1.35. The van der Waals surface area contributed by atoms with Gasteiger partial charge in [-0.3, -0.25) is 10.1 Å². The average molecular weight is 291 g/mol. The minimum absolute atomic E-state index is 0.0108. The molecule has 1 N–H and O–H groups in total. The fraction of sp³-hybridized carbons (Fsp3) is 0.444. The molecule has 1 heterocycles. The average Bonchev–Trinajstić information content (AvgIpc) is 2.26. The van der Waals surface area contributed by atoms with Gasteiger partial charge in [0.2, 0.25) is 0 Å². The van der Waals surface area contributed by atoms with Gasteiger partial charge in [-0.25, -0.2) is 13.4 Å². The molecule has 0 saturated carbocycles. The first-order valence-electron chi connectivity index (χ1n) is 4.96. The number of sulfone groups is 1. The van der Waals surface area contributed by atoms with Crippen molar-refractivity contribution in [3.63, 3.8) is 0 Å². The zero-order valence-electron chi connectivity index (χ0n) is 9.91. The smallest absolute Gasteiger partial charge is 0.275 e. The number of anilines is 1. The van der Waals surface area contributed by atoms with Crippen molar-refractivity contribution in [2.45, 2.75) is 5.03 Å². The highest BCUT2D eigenvalue weighted by atomic mass is 32.2. The number of rotatable bonds is 6. The summed E-state index contributed by atoms with van der Waals surface area (Å²) in [5.74, 6) is 0.707. The van der Waals surface area contributed by atoms with Crippen LogP contribution >= 0.6 is 11.8 Å². The van der Waals surface area contributed by atoms with E-state index in [0.29, 0.717) is 16.6 Å². The predicted octanol–water partition coefficient (Wildman–Crippen LogP) is 1.17. The van der Waals surface area contributed by atoms with E-state index in [0.717, 1.165) is 6.26 Å². The molecule has 0 saturated heterocycles. The van der Waals surface area contributed by atoms with Crippen molar-refractivity contribution in [3.05, 3.63) is 22.2 Å². The van der Waals surface area contributed by atoms with Crippen molar-refractivity contribution in [1.29, 1.82) is 0 Å². The van der Waals surface area contributed by atoms with Crippen LogP contribution in [0.5, 0.6) is 0 Å². The SMILES string of the molecule is CNc1cc([N+](=O)[O-])cc(SCCS(C)(=O)=O)n1. The van der Waals surface area contributed by atoms with Gasteiger partial charge < -0.3 is 5.32 Å². The second-order valence-electron chi connectivity index (χ2n) is 3.53. The van der Waals surface area contributed by atoms with Gasteiger partial charge in [-0.05, 0) is 0 Å². The first-order valence-corrected chi connectivity index (χ1v) is 8.01. The monoisotopic (exact) mass is 291 g/mol. The number of thioether (sulfide) groups is 1. The van der Waals surface area contributed by atoms with Crippen molar-refractivity contribution in [1.82, 2.24) is 4.98 Å². The number of pyridine rings is 1. The zero-order chi connectivity index (χ0) is 13.8. The summed E-state index contributed by atoms with van der Waals surface area (Å²) in [6.07, 6.45) is 1.15. The van der Waals surface area contributed by atoms with Crippen LogP contribution in [0.15, 0.2) is 17.2 Å². The Bertz CT molecular complexity index is 545. The lowest BCUT2D eigenvalue weighted by molar-refractivity contribution is -0.385. The third-order valence-electron chi connectivity index (χ3n) is 1.96. The van der Waals surface area contributed by atoms with E-state index >= 15 is 0 Å². The molecule has 0 unspecified atom stereocenters. The molecule has 0 aliphatic heterocycles. The van der Waals surface area contributed by atoms with Gasteiger partial charge in [0.1, 0.15) is 20.7 Å². The molecule has 9 heteroatoms. The standard InChI is InChI=1S/C9H13N3O4S2/c1-10-8-5-7(12(13)14)6-9(11-8)17-3-4-18(2,15)16/h5-6H,3-4H2,1-2H3,(H,10,11). The number of hydrogen-bond acceptors (Lipinski definition) is 7. The maximum absolute atomic E-state index is 11.0. The minimum atomic E-state index is -3.03. The van der Waals surface area contributed by atoms with Crippen LogP contribution < -0.4 is 5.32 Å². The van der Waals surface area contributed by atoms with Crippen LogP contribution in [0.2, 0.25) is 0 Å². The van der Waals surface area contributed by atoms with Gasteiger partial charge in [-0.15, -0.1) is 11.8 Å². The second kappa shape index (κ2) is 6.01. The molecule has 0 amide bonds. The van der Waals surface area contributed by atoms with E-state index in [2.05, 4.69) is 10.3 Å². The van der Waals surface area contributed by atoms with Crippen molar-refractivity contribution in [2.24, 2.45) is 0 Å². The summed E-state index contributed by atoms with van der Waals surface area (Å²) < 4.78 is 21.9. The van der Waals surface area contributed by atoms with E-state index in [4.69, 9.17) is 0 Å². The normalized spacial score (nSPS) is 11.2. The quantitative estimate of drug-likeness (QED) is 0.476. The fourth-order valence-electron chi connectivity index (χ4n) is 1.10. The Morgan fingerprint density at radius 3 is 2.67 bits per heavy atom. The molecule has 0 radical (unpaired) electrons. The molecule has 1 rings (SSSR count). The number of hydrogen-bond donors (Lipinski definition) is 1. The molecule has 18 heavy (non-hydrogen) atoms. The summed E-state index contributed by atoms with van der Waals surface area (Å²) in [5, 5.41) is 13.8. The Morgan fingerprint density at radius 2 is 2.17 bits per heavy atom. The van der Waals surface area contributed by atoms with Crippen LogP contribution in [-0.2, 0) is 9.84 Å². The summed E-state index contributed by atoms with van der Waals surface area (Å²) in [4.78, 5) is 14.3. The molecular formula is C9H13N3O4S2. The van der Waals surface area contributed by atoms with Crippen LogP contribution in [-0.4, -0.2) is 43.1 Å². The van der Waals surface area contributed by atoms with Gasteiger partial charge >= 0.3 is 0 Å². The Morgan fingerprint density at radius 1 is 1.50 bits per heavy atom. The van der Waals surface area contributed by atoms with Crippen LogP contribution in [0.4, 0.5) is 11.5 Å². The number of aromatic nitrogens is 1. The van der Waals surface area contributed by atoms with Crippen LogP contribution in [0.3, 0.4) is 0 Å². The van der Waals surface area contributed by atoms with Gasteiger partial charge in [0.25, 0.3) is 5.69 Å². The topological polar surface area (TPSA) is 102 Å². The van der Waals surface area contributed by atoms with Gasteiger partial charge in [0, 0.05) is 25.1 Å². The molecule has 7 nitrogen and oxygen atoms in total. The molecule has 0 aromatic carbocycles. The fourth-order valence-corrected chi connectivity index (χ4v) is 3.22. The molecule has 0 atom stereocenters. The van der Waals surface area contributed by atoms with Crippen molar-refractivity contribution in [2.75, 3.05) is 30.1 Å². The Kier molecular flexibility index (Phi) is 4.91. The van der Waals surface area contributed by atoms with Crippen LogP contribution in [0, 0.1) is 10.1 Å². The van der Waals surface area contributed by atoms with Gasteiger partial charge in [0.15, 0.2) is 0 Å². The van der Waals surface area contributed by atoms with E-state index in [9.17, 15) is 18.5 Å². The highest BCUT2D eigenvalue weighted by Crippen LogP contribution is 2.24. The number of nitrogens with zero attached hydrogens (tertiary/aromatic N) is 2. The van der Waals surface area contributed by atoms with Gasteiger partial charge in [0.05, 0.1) is 16.7 Å². The van der Waals surface area contributed by atoms with Crippen molar-refractivity contribution >= 4 is 33.1 Å². The van der Waals surface area contributed by atoms with E-state index in [1.54, 1.807) is 7.05 Å². The van der Waals surface area contributed by atoms with E-state index in [1.807, 2.05) is 0 Å². The molecule has 1 aromatic rings. The Balaban J connectivity index is 2.82. The van der Waals surface area contributed by atoms with Crippen LogP contribution in [0.1, 0.15) is 0 Å². The molecule has 0 aliphatic carbocycles. The maximum atomic E-state index is 11.0. The van der Waals surface area contributed by atoms with Gasteiger partial charge in [-0.2, -0.15) is 0 Å². The van der Waals surface area contributed by atoms with Crippen molar-refractivity contribution in [3.8, 4) is 0 Å². The summed E-state index contributed by atoms with van der Waals surface area (Å²) in [6.45, 7) is 0. The second-order valence-corrected chi connectivity index (χ2v) is 6.91. The molecule has 0 bridgehead atoms. The van der Waals surface area contributed by atoms with E-state index < -0.39 is 14.8 Å². The predicted molar refractivity (Wildman–Crippen MR) is 70.9 cm³/mol. The van der Waals surface area contributed by atoms with Gasteiger partial charge in [-0.1, -0.05) is 0 Å². The molecule has 0 spiro atoms. The molecule has 0 fully saturated rings. The summed E-state index contributed by atoms with van der Waals surface area (Å²) in [6, 6.07) is 2.65. The third-order valence-corrected chi connectivity index (χ3v) is 4.07. The summed E-state index contributed by atoms with van der Waals surface area (Å²) in [5.41, 5.74) is -0.0730. The molecule has 1 aromatic heterocycles. The van der Waals surface area contributed by atoms with E-state index in [1.165, 1.54) is 23.9 Å². The van der Waals surface area contributed by atoms with E-state index in [-0.39, 0.29) is 11.4 Å². The minimum Gasteiger partial charge on any atom is -0.373 e. The lowest BCUT2D eigenvalue weighted by Crippen LogP contribution is -2.05. The summed E-state index contributed by atoms with van der Waals surface area (Å²) in [7, 11) is -1.43. The number of nitro groups is 1. The molecular weight excluding hydrogens is 278 g/mol. The van der Waals surface area contributed by atoms with Crippen molar-refractivity contribution < 1.29 is 13.3 Å². The summed E-state index contributed by atoms with van der Waals surface area (Å²) >= 11 is 1.17. The zero-order valence-corrected chi connectivity index (χ0v) is 11.5. The highest BCUT2D eigenvalue weighted by Gasteiger charge is 2.11. The molecule has 0 aliphatic rings. The maximum Gasteiger partial charge on any atom is 0.275 e. The molecule has 100 valence electrons. The van der Waals surface area contributed by atoms with Crippen LogP contribution in [0.25, 0.3) is 0 Å². The first-order chi connectivity index (χ1) is 8.31. The Labute approximate surface area is 109 Å². The first kappa shape index (κ1) is 14.7.